The molecule has 0 heterocycles. The van der Waals surface area contributed by atoms with Crippen LogP contribution in [0, 0.1) is 5.92 Å². The van der Waals surface area contributed by atoms with Crippen LogP contribution in [-0.4, -0.2) is 23.1 Å². The van der Waals surface area contributed by atoms with Crippen LogP contribution in [0.15, 0.2) is 24.3 Å². The van der Waals surface area contributed by atoms with Crippen LogP contribution in [0.1, 0.15) is 19.4 Å². The van der Waals surface area contributed by atoms with Crippen LogP contribution in [0.25, 0.3) is 0 Å². The molecule has 1 amide bonds. The van der Waals surface area contributed by atoms with Crippen LogP contribution in [0.2, 0.25) is 0 Å². The Balaban J connectivity index is 2.71. The predicted octanol–water partition coefficient (Wildman–Crippen LogP) is 0.836. The number of amides is 1. The van der Waals surface area contributed by atoms with Gasteiger partial charge < -0.3 is 15.4 Å². The van der Waals surface area contributed by atoms with E-state index in [4.69, 9.17) is 10.0 Å². The second kappa shape index (κ2) is 5.68. The Labute approximate surface area is 95.4 Å². The van der Waals surface area contributed by atoms with Crippen molar-refractivity contribution in [3.8, 4) is 0 Å². The van der Waals surface area contributed by atoms with E-state index in [1.54, 1.807) is 24.3 Å². The summed E-state index contributed by atoms with van der Waals surface area (Å²) in [4.78, 5) is 11.4. The number of carbonyl (C=O) groups is 1. The Kier molecular flexibility index (Phi) is 4.52. The van der Waals surface area contributed by atoms with Crippen LogP contribution in [0.5, 0.6) is 0 Å². The molecule has 1 rings (SSSR count). The van der Waals surface area contributed by atoms with E-state index in [1.807, 2.05) is 13.8 Å². The van der Waals surface area contributed by atoms with Crippen molar-refractivity contribution in [2.75, 3.05) is 5.32 Å². The van der Waals surface area contributed by atoms with Gasteiger partial charge in [-0.3, -0.25) is 4.79 Å². The monoisotopic (exact) mass is 221 g/mol. The maximum atomic E-state index is 11.4. The molecular weight excluding hydrogens is 205 g/mol. The third kappa shape index (κ3) is 4.04. The maximum Gasteiger partial charge on any atom is 0.456 e. The molecular formula is C11H16BNO3. The topological polar surface area (TPSA) is 69.6 Å². The van der Waals surface area contributed by atoms with E-state index in [0.717, 1.165) is 5.56 Å². The first kappa shape index (κ1) is 12.7. The van der Waals surface area contributed by atoms with E-state index >= 15 is 0 Å². The van der Waals surface area contributed by atoms with Gasteiger partial charge in [0.05, 0.1) is 0 Å². The smallest absolute Gasteiger partial charge is 0.427 e. The molecule has 0 aliphatic rings. The Bertz CT molecular complexity index is 366. The molecule has 0 unspecified atom stereocenters. The Morgan fingerprint density at radius 1 is 1.44 bits per heavy atom. The number of hydrogen-bond acceptors (Lipinski definition) is 3. The average molecular weight is 221 g/mol. The van der Waals surface area contributed by atoms with Gasteiger partial charge in [-0.1, -0.05) is 26.0 Å². The summed E-state index contributed by atoms with van der Waals surface area (Å²) in [5.41, 5.74) is 1.45. The molecule has 0 atom stereocenters. The zero-order valence-electron chi connectivity index (χ0n) is 9.47. The largest absolute Gasteiger partial charge is 0.456 e. The second-order valence-electron chi connectivity index (χ2n) is 4.03. The fourth-order valence-corrected chi connectivity index (χ4v) is 1.27. The molecule has 16 heavy (non-hydrogen) atoms. The van der Waals surface area contributed by atoms with E-state index in [-0.39, 0.29) is 18.1 Å². The molecule has 0 radical (unpaired) electrons. The zero-order valence-corrected chi connectivity index (χ0v) is 9.47. The summed E-state index contributed by atoms with van der Waals surface area (Å²) in [7, 11) is -1.36. The van der Waals surface area contributed by atoms with Crippen LogP contribution in [-0.2, 0) is 11.1 Å². The number of carbonyl (C=O) groups excluding carboxylic acids is 1. The van der Waals surface area contributed by atoms with E-state index in [9.17, 15) is 4.79 Å². The zero-order chi connectivity index (χ0) is 12.1. The Morgan fingerprint density at radius 2 is 2.12 bits per heavy atom. The highest BCUT2D eigenvalue weighted by molar-refractivity contribution is 6.40. The number of benzene rings is 1. The molecule has 0 bridgehead atoms. The van der Waals surface area contributed by atoms with Gasteiger partial charge >= 0.3 is 7.12 Å². The van der Waals surface area contributed by atoms with Gasteiger partial charge in [0, 0.05) is 17.9 Å². The fourth-order valence-electron chi connectivity index (χ4n) is 1.27. The van der Waals surface area contributed by atoms with Crippen molar-refractivity contribution < 1.29 is 14.8 Å². The first-order chi connectivity index (χ1) is 7.49. The van der Waals surface area contributed by atoms with Crippen molar-refractivity contribution in [2.24, 2.45) is 5.92 Å². The van der Waals surface area contributed by atoms with Crippen molar-refractivity contribution >= 4 is 18.7 Å². The number of anilines is 1. The lowest BCUT2D eigenvalue weighted by Crippen LogP contribution is -2.18. The van der Waals surface area contributed by atoms with Gasteiger partial charge in [0.25, 0.3) is 0 Å². The van der Waals surface area contributed by atoms with E-state index in [2.05, 4.69) is 5.32 Å². The Hall–Kier alpha value is -1.33. The molecule has 3 N–H and O–H groups in total. The first-order valence-corrected chi connectivity index (χ1v) is 5.25. The fraction of sp³-hybridized carbons (Fsp3) is 0.364. The number of rotatable bonds is 4. The molecule has 0 aromatic heterocycles. The highest BCUT2D eigenvalue weighted by atomic mass is 16.4. The molecule has 86 valence electrons. The van der Waals surface area contributed by atoms with Gasteiger partial charge in [0.1, 0.15) is 0 Å². The first-order valence-electron chi connectivity index (χ1n) is 5.25. The molecule has 4 nitrogen and oxygen atoms in total. The summed E-state index contributed by atoms with van der Waals surface area (Å²) < 4.78 is 0. The lowest BCUT2D eigenvalue weighted by atomic mass is 9.82. The summed E-state index contributed by atoms with van der Waals surface area (Å²) in [5, 5.41) is 20.4. The SMILES string of the molecule is CC(C)C(=O)Nc1cccc(CB(O)O)c1. The minimum Gasteiger partial charge on any atom is -0.427 e. The quantitative estimate of drug-likeness (QED) is 0.659. The predicted molar refractivity (Wildman–Crippen MR) is 63.8 cm³/mol. The summed E-state index contributed by atoms with van der Waals surface area (Å²) in [6.45, 7) is 3.63. The third-order valence-corrected chi connectivity index (χ3v) is 2.14. The highest BCUT2D eigenvalue weighted by Gasteiger charge is 2.10. The molecule has 0 spiro atoms. The van der Waals surface area contributed by atoms with Crippen molar-refractivity contribution in [1.82, 2.24) is 0 Å². The summed E-state index contributed by atoms with van der Waals surface area (Å²) >= 11 is 0. The minimum absolute atomic E-state index is 0.0540. The van der Waals surface area contributed by atoms with E-state index < -0.39 is 7.12 Å². The van der Waals surface area contributed by atoms with Crippen molar-refractivity contribution in [3.05, 3.63) is 29.8 Å². The van der Waals surface area contributed by atoms with Crippen molar-refractivity contribution in [1.29, 1.82) is 0 Å². The molecule has 0 saturated carbocycles. The molecule has 0 saturated heterocycles. The van der Waals surface area contributed by atoms with Gasteiger partial charge in [0.2, 0.25) is 5.91 Å². The summed E-state index contributed by atoms with van der Waals surface area (Å²) in [5.74, 6) is -0.131. The van der Waals surface area contributed by atoms with Gasteiger partial charge in [-0.2, -0.15) is 0 Å². The standard InChI is InChI=1S/C11H16BNO3/c1-8(2)11(14)13-10-5-3-4-9(6-10)7-12(15)16/h3-6,8,15-16H,7H2,1-2H3,(H,13,14). The van der Waals surface area contributed by atoms with Crippen molar-refractivity contribution in [2.45, 2.75) is 20.2 Å². The molecule has 1 aromatic rings. The molecule has 0 aliphatic heterocycles. The third-order valence-electron chi connectivity index (χ3n) is 2.14. The summed E-state index contributed by atoms with van der Waals surface area (Å²) in [6, 6.07) is 7.06. The van der Waals surface area contributed by atoms with Gasteiger partial charge in [-0.25, -0.2) is 0 Å². The van der Waals surface area contributed by atoms with Crippen LogP contribution >= 0.6 is 0 Å². The van der Waals surface area contributed by atoms with Crippen molar-refractivity contribution in [3.63, 3.8) is 0 Å². The average Bonchev–Trinajstić information content (AvgIpc) is 2.16. The Morgan fingerprint density at radius 3 is 2.69 bits per heavy atom. The minimum atomic E-state index is -1.36. The van der Waals surface area contributed by atoms with Gasteiger partial charge in [0.15, 0.2) is 0 Å². The van der Waals surface area contributed by atoms with Crippen LogP contribution in [0.4, 0.5) is 5.69 Å². The maximum absolute atomic E-state index is 11.4. The summed E-state index contributed by atoms with van der Waals surface area (Å²) in [6.07, 6.45) is 0.158. The van der Waals surface area contributed by atoms with E-state index in [0.29, 0.717) is 5.69 Å². The molecule has 0 fully saturated rings. The lowest BCUT2D eigenvalue weighted by Gasteiger charge is -2.09. The molecule has 1 aromatic carbocycles. The van der Waals surface area contributed by atoms with E-state index in [1.165, 1.54) is 0 Å². The van der Waals surface area contributed by atoms with Gasteiger partial charge in [-0.05, 0) is 17.7 Å². The highest BCUT2D eigenvalue weighted by Crippen LogP contribution is 2.12. The second-order valence-corrected chi connectivity index (χ2v) is 4.03. The van der Waals surface area contributed by atoms with Crippen LogP contribution in [0.3, 0.4) is 0 Å². The van der Waals surface area contributed by atoms with Crippen LogP contribution < -0.4 is 5.32 Å². The number of hydrogen-bond donors (Lipinski definition) is 3. The van der Waals surface area contributed by atoms with Gasteiger partial charge in [-0.15, -0.1) is 0 Å². The number of nitrogens with one attached hydrogen (secondary N) is 1. The molecule has 0 aliphatic carbocycles. The molecule has 5 heteroatoms. The normalized spacial score (nSPS) is 10.3. The lowest BCUT2D eigenvalue weighted by molar-refractivity contribution is -0.118.